The molecule has 88 valence electrons. The summed E-state index contributed by atoms with van der Waals surface area (Å²) in [4.78, 5) is 13.0. The Hall–Kier alpha value is -0.610. The Morgan fingerprint density at radius 2 is 2.13 bits per heavy atom. The molecule has 1 saturated heterocycles. The van der Waals surface area contributed by atoms with Crippen LogP contribution < -0.4 is 5.73 Å². The predicted octanol–water partition coefficient (Wildman–Crippen LogP) is 0.910. The van der Waals surface area contributed by atoms with E-state index in [9.17, 15) is 4.79 Å². The van der Waals surface area contributed by atoms with Crippen molar-refractivity contribution in [3.05, 3.63) is 0 Å². The second-order valence-corrected chi connectivity index (χ2v) is 4.52. The van der Waals surface area contributed by atoms with E-state index in [1.54, 1.807) is 0 Å². The molecule has 1 aliphatic rings. The van der Waals surface area contributed by atoms with Crippen molar-refractivity contribution in [2.75, 3.05) is 19.6 Å². The van der Waals surface area contributed by atoms with Crippen LogP contribution in [0, 0.1) is 5.41 Å². The number of carbonyl (C=O) groups is 1. The quantitative estimate of drug-likeness (QED) is 0.714. The summed E-state index contributed by atoms with van der Waals surface area (Å²) in [5, 5.41) is 9.03. The van der Waals surface area contributed by atoms with Crippen LogP contribution in [0.4, 0.5) is 0 Å². The molecule has 1 heterocycles. The van der Waals surface area contributed by atoms with Crippen LogP contribution in [0.2, 0.25) is 0 Å². The summed E-state index contributed by atoms with van der Waals surface area (Å²) in [7, 11) is 0. The van der Waals surface area contributed by atoms with Gasteiger partial charge in [-0.1, -0.05) is 13.8 Å². The fraction of sp³-hybridized carbons (Fsp3) is 0.909. The Bertz CT molecular complexity index is 227. The highest BCUT2D eigenvalue weighted by atomic mass is 16.4. The first-order valence-corrected chi connectivity index (χ1v) is 5.75. The first kappa shape index (κ1) is 12.5. The number of likely N-dealkylation sites (tertiary alicyclic amines) is 1. The van der Waals surface area contributed by atoms with Crippen molar-refractivity contribution in [1.29, 1.82) is 0 Å². The van der Waals surface area contributed by atoms with Crippen molar-refractivity contribution in [3.8, 4) is 0 Å². The Kier molecular flexibility index (Phi) is 4.11. The molecule has 1 fully saturated rings. The van der Waals surface area contributed by atoms with Crippen LogP contribution in [0.5, 0.6) is 0 Å². The van der Waals surface area contributed by atoms with Crippen LogP contribution >= 0.6 is 0 Å². The summed E-state index contributed by atoms with van der Waals surface area (Å²) in [6.07, 6.45) is 3.34. The monoisotopic (exact) mass is 214 g/mol. The summed E-state index contributed by atoms with van der Waals surface area (Å²) < 4.78 is 0. The molecular weight excluding hydrogens is 192 g/mol. The number of aliphatic carboxylic acids is 1. The normalized spacial score (nSPS) is 22.9. The minimum atomic E-state index is -0.791. The van der Waals surface area contributed by atoms with Crippen LogP contribution in [-0.4, -0.2) is 41.7 Å². The van der Waals surface area contributed by atoms with Crippen LogP contribution in [-0.2, 0) is 4.79 Å². The maximum absolute atomic E-state index is 11.0. The van der Waals surface area contributed by atoms with E-state index in [2.05, 4.69) is 13.8 Å². The van der Waals surface area contributed by atoms with Gasteiger partial charge in [-0.2, -0.15) is 0 Å². The number of carboxylic acid groups (broad SMARTS) is 1. The van der Waals surface area contributed by atoms with Crippen LogP contribution in [0.3, 0.4) is 0 Å². The molecule has 0 aliphatic carbocycles. The van der Waals surface area contributed by atoms with Gasteiger partial charge < -0.3 is 10.8 Å². The molecule has 0 aromatic carbocycles. The number of rotatable bonds is 5. The Labute approximate surface area is 91.4 Å². The lowest BCUT2D eigenvalue weighted by Gasteiger charge is -2.28. The lowest BCUT2D eigenvalue weighted by Crippen LogP contribution is -2.45. The molecule has 0 radical (unpaired) electrons. The van der Waals surface area contributed by atoms with E-state index < -0.39 is 12.0 Å². The molecule has 1 rings (SSSR count). The second kappa shape index (κ2) is 4.94. The highest BCUT2D eigenvalue weighted by Gasteiger charge is 2.39. The maximum Gasteiger partial charge on any atom is 0.322 e. The molecule has 0 saturated carbocycles. The standard InChI is InChI=1S/C11H22N2O2/c1-3-11(4-2)5-6-13(8-11)9(7-12)10(14)15/h9H,3-8,12H2,1-2H3,(H,14,15). The molecule has 4 heteroatoms. The van der Waals surface area contributed by atoms with E-state index in [1.807, 2.05) is 4.90 Å². The Balaban J connectivity index is 2.65. The molecule has 0 amide bonds. The van der Waals surface area contributed by atoms with E-state index in [1.165, 1.54) is 0 Å². The number of nitrogens with zero attached hydrogens (tertiary/aromatic N) is 1. The van der Waals surface area contributed by atoms with Gasteiger partial charge in [-0.15, -0.1) is 0 Å². The molecule has 1 atom stereocenters. The summed E-state index contributed by atoms with van der Waals surface area (Å²) in [6.45, 7) is 6.33. The number of nitrogens with two attached hydrogens (primary N) is 1. The van der Waals surface area contributed by atoms with Crippen molar-refractivity contribution in [2.45, 2.75) is 39.2 Å². The highest BCUT2D eigenvalue weighted by molar-refractivity contribution is 5.73. The zero-order chi connectivity index (χ0) is 11.5. The molecule has 1 aliphatic heterocycles. The molecule has 1 unspecified atom stereocenters. The SMILES string of the molecule is CCC1(CC)CCN(C(CN)C(=O)O)C1. The van der Waals surface area contributed by atoms with Crippen molar-refractivity contribution < 1.29 is 9.90 Å². The van der Waals surface area contributed by atoms with E-state index in [-0.39, 0.29) is 6.54 Å². The summed E-state index contributed by atoms with van der Waals surface area (Å²) >= 11 is 0. The molecule has 0 aromatic heterocycles. The van der Waals surface area contributed by atoms with E-state index >= 15 is 0 Å². The average molecular weight is 214 g/mol. The third-order valence-corrected chi connectivity index (χ3v) is 3.92. The lowest BCUT2D eigenvalue weighted by atomic mass is 9.82. The van der Waals surface area contributed by atoms with Gasteiger partial charge >= 0.3 is 5.97 Å². The molecular formula is C11H22N2O2. The molecule has 0 bridgehead atoms. The van der Waals surface area contributed by atoms with Crippen molar-refractivity contribution in [3.63, 3.8) is 0 Å². The largest absolute Gasteiger partial charge is 0.480 e. The number of hydrogen-bond donors (Lipinski definition) is 2. The predicted molar refractivity (Wildman–Crippen MR) is 59.7 cm³/mol. The van der Waals surface area contributed by atoms with Crippen LogP contribution in [0.1, 0.15) is 33.1 Å². The zero-order valence-electron chi connectivity index (χ0n) is 9.70. The summed E-state index contributed by atoms with van der Waals surface area (Å²) in [6, 6.07) is -0.495. The molecule has 15 heavy (non-hydrogen) atoms. The summed E-state index contributed by atoms with van der Waals surface area (Å²) in [5.74, 6) is -0.791. The van der Waals surface area contributed by atoms with Gasteiger partial charge in [0.1, 0.15) is 6.04 Å². The van der Waals surface area contributed by atoms with Gasteiger partial charge in [0.15, 0.2) is 0 Å². The smallest absolute Gasteiger partial charge is 0.322 e. The van der Waals surface area contributed by atoms with E-state index in [0.717, 1.165) is 32.4 Å². The fourth-order valence-electron chi connectivity index (χ4n) is 2.47. The van der Waals surface area contributed by atoms with Crippen LogP contribution in [0.15, 0.2) is 0 Å². The topological polar surface area (TPSA) is 66.6 Å². The van der Waals surface area contributed by atoms with Gasteiger partial charge in [0.05, 0.1) is 0 Å². The maximum atomic E-state index is 11.0. The molecule has 0 aromatic rings. The van der Waals surface area contributed by atoms with Gasteiger partial charge in [0.2, 0.25) is 0 Å². The van der Waals surface area contributed by atoms with Gasteiger partial charge in [0, 0.05) is 13.1 Å². The molecule has 3 N–H and O–H groups in total. The third-order valence-electron chi connectivity index (χ3n) is 3.92. The van der Waals surface area contributed by atoms with Gasteiger partial charge in [-0.3, -0.25) is 9.69 Å². The van der Waals surface area contributed by atoms with Crippen molar-refractivity contribution in [2.24, 2.45) is 11.1 Å². The fourth-order valence-corrected chi connectivity index (χ4v) is 2.47. The average Bonchev–Trinajstić information content (AvgIpc) is 2.64. The third kappa shape index (κ3) is 2.49. The highest BCUT2D eigenvalue weighted by Crippen LogP contribution is 2.37. The van der Waals surface area contributed by atoms with Gasteiger partial charge in [-0.25, -0.2) is 0 Å². The number of carboxylic acids is 1. The first-order valence-electron chi connectivity index (χ1n) is 5.75. The van der Waals surface area contributed by atoms with Gasteiger partial charge in [0.25, 0.3) is 0 Å². The number of hydrogen-bond acceptors (Lipinski definition) is 3. The van der Waals surface area contributed by atoms with E-state index in [0.29, 0.717) is 5.41 Å². The Morgan fingerprint density at radius 3 is 2.47 bits per heavy atom. The van der Waals surface area contributed by atoms with Crippen molar-refractivity contribution in [1.82, 2.24) is 4.90 Å². The van der Waals surface area contributed by atoms with Crippen molar-refractivity contribution >= 4 is 5.97 Å². The van der Waals surface area contributed by atoms with Gasteiger partial charge in [-0.05, 0) is 31.2 Å². The zero-order valence-corrected chi connectivity index (χ0v) is 9.70. The molecule has 0 spiro atoms. The molecule has 4 nitrogen and oxygen atoms in total. The van der Waals surface area contributed by atoms with E-state index in [4.69, 9.17) is 10.8 Å². The minimum absolute atomic E-state index is 0.207. The second-order valence-electron chi connectivity index (χ2n) is 4.52. The minimum Gasteiger partial charge on any atom is -0.480 e. The first-order chi connectivity index (χ1) is 7.08. The lowest BCUT2D eigenvalue weighted by molar-refractivity contribution is -0.142. The Morgan fingerprint density at radius 1 is 1.53 bits per heavy atom. The van der Waals surface area contributed by atoms with Crippen LogP contribution in [0.25, 0.3) is 0 Å². The summed E-state index contributed by atoms with van der Waals surface area (Å²) in [5.41, 5.74) is 5.82.